The van der Waals surface area contributed by atoms with Gasteiger partial charge in [0.1, 0.15) is 11.5 Å². The lowest BCUT2D eigenvalue weighted by molar-refractivity contribution is 0.0939. The van der Waals surface area contributed by atoms with Gasteiger partial charge in [0.15, 0.2) is 0 Å². The number of pyridine rings is 1. The molecule has 0 saturated heterocycles. The van der Waals surface area contributed by atoms with Crippen LogP contribution in [0.5, 0.6) is 11.5 Å². The molecule has 0 saturated carbocycles. The van der Waals surface area contributed by atoms with Crippen molar-refractivity contribution in [1.29, 1.82) is 0 Å². The molecule has 116 valence electrons. The molecule has 5 heteroatoms. The molecule has 22 heavy (non-hydrogen) atoms. The van der Waals surface area contributed by atoms with Gasteiger partial charge in [-0.25, -0.2) is 0 Å². The van der Waals surface area contributed by atoms with Crippen LogP contribution in [0.4, 0.5) is 0 Å². The molecule has 1 heterocycles. The van der Waals surface area contributed by atoms with Gasteiger partial charge >= 0.3 is 0 Å². The molecule has 0 radical (unpaired) electrons. The van der Waals surface area contributed by atoms with E-state index < -0.39 is 0 Å². The van der Waals surface area contributed by atoms with Crippen LogP contribution in [0.3, 0.4) is 0 Å². The number of hydrogen-bond acceptors (Lipinski definition) is 4. The smallest absolute Gasteiger partial charge is 0.252 e. The second-order valence-electron chi connectivity index (χ2n) is 4.98. The highest BCUT2D eigenvalue weighted by Crippen LogP contribution is 2.29. The van der Waals surface area contributed by atoms with Gasteiger partial charge in [0, 0.05) is 23.5 Å². The Hall–Kier alpha value is -2.56. The zero-order valence-corrected chi connectivity index (χ0v) is 13.2. The fourth-order valence-electron chi connectivity index (χ4n) is 2.23. The molecule has 0 aliphatic heterocycles. The Labute approximate surface area is 130 Å². The Bertz CT molecular complexity index is 631. The molecule has 2 aromatic rings. The summed E-state index contributed by atoms with van der Waals surface area (Å²) in [6.07, 6.45) is 3.41. The number of hydrogen-bond donors (Lipinski definition) is 1. The average Bonchev–Trinajstić information content (AvgIpc) is 2.55. The summed E-state index contributed by atoms with van der Waals surface area (Å²) < 4.78 is 10.6. The number of nitrogens with zero attached hydrogens (tertiary/aromatic N) is 1. The van der Waals surface area contributed by atoms with Gasteiger partial charge in [-0.1, -0.05) is 0 Å². The highest BCUT2D eigenvalue weighted by Gasteiger charge is 2.16. The predicted octanol–water partition coefficient (Wildman–Crippen LogP) is 2.90. The zero-order chi connectivity index (χ0) is 16.1. The Morgan fingerprint density at radius 1 is 1.14 bits per heavy atom. The number of amides is 1. The van der Waals surface area contributed by atoms with E-state index in [1.165, 1.54) is 0 Å². The molecule has 1 unspecified atom stereocenters. The molecule has 0 aliphatic carbocycles. The van der Waals surface area contributed by atoms with E-state index in [4.69, 9.17) is 9.47 Å². The van der Waals surface area contributed by atoms with Crippen LogP contribution in [-0.2, 0) is 0 Å². The summed E-state index contributed by atoms with van der Waals surface area (Å²) in [5, 5.41) is 2.96. The quantitative estimate of drug-likeness (QED) is 0.922. The van der Waals surface area contributed by atoms with Crippen molar-refractivity contribution in [3.05, 3.63) is 53.3 Å². The van der Waals surface area contributed by atoms with Gasteiger partial charge in [0.2, 0.25) is 0 Å². The summed E-state index contributed by atoms with van der Waals surface area (Å²) in [5.74, 6) is 1.07. The maximum Gasteiger partial charge on any atom is 0.252 e. The minimum absolute atomic E-state index is 0.117. The molecule has 1 aromatic carbocycles. The number of methoxy groups -OCH3 is 2. The maximum atomic E-state index is 12.4. The van der Waals surface area contributed by atoms with E-state index in [1.807, 2.05) is 26.0 Å². The first-order chi connectivity index (χ1) is 10.6. The van der Waals surface area contributed by atoms with Crippen molar-refractivity contribution in [3.8, 4) is 11.5 Å². The molecule has 0 aliphatic rings. The summed E-state index contributed by atoms with van der Waals surface area (Å²) in [6, 6.07) is 7.07. The summed E-state index contributed by atoms with van der Waals surface area (Å²) >= 11 is 0. The van der Waals surface area contributed by atoms with Crippen molar-refractivity contribution in [2.45, 2.75) is 19.9 Å². The molecule has 5 nitrogen and oxygen atoms in total. The van der Waals surface area contributed by atoms with E-state index in [2.05, 4.69) is 10.3 Å². The van der Waals surface area contributed by atoms with Crippen LogP contribution in [0, 0.1) is 6.92 Å². The largest absolute Gasteiger partial charge is 0.496 e. The molecular formula is C17H20N2O3. The lowest BCUT2D eigenvalue weighted by atomic mass is 10.1. The Balaban J connectivity index is 2.22. The lowest BCUT2D eigenvalue weighted by Gasteiger charge is -2.16. The number of ether oxygens (including phenoxy) is 2. The Morgan fingerprint density at radius 2 is 1.68 bits per heavy atom. The van der Waals surface area contributed by atoms with Crippen LogP contribution in [0.15, 0.2) is 36.7 Å². The third kappa shape index (κ3) is 3.36. The van der Waals surface area contributed by atoms with E-state index in [1.54, 1.807) is 38.7 Å². The molecule has 1 N–H and O–H groups in total. The van der Waals surface area contributed by atoms with Crippen LogP contribution >= 0.6 is 0 Å². The number of nitrogens with one attached hydrogen (secondary N) is 1. The molecule has 0 spiro atoms. The van der Waals surface area contributed by atoms with Gasteiger partial charge < -0.3 is 14.8 Å². The second-order valence-corrected chi connectivity index (χ2v) is 4.98. The first-order valence-electron chi connectivity index (χ1n) is 7.00. The average molecular weight is 300 g/mol. The minimum atomic E-state index is -0.180. The van der Waals surface area contributed by atoms with Gasteiger partial charge in [0.05, 0.1) is 20.3 Å². The van der Waals surface area contributed by atoms with E-state index in [0.29, 0.717) is 17.1 Å². The molecule has 1 amide bonds. The third-order valence-electron chi connectivity index (χ3n) is 3.57. The highest BCUT2D eigenvalue weighted by molar-refractivity contribution is 5.95. The first kappa shape index (κ1) is 15.8. The Morgan fingerprint density at radius 3 is 2.18 bits per heavy atom. The normalized spacial score (nSPS) is 11.6. The van der Waals surface area contributed by atoms with Gasteiger partial charge in [-0.3, -0.25) is 9.78 Å². The molecule has 0 fully saturated rings. The monoisotopic (exact) mass is 300 g/mol. The van der Waals surface area contributed by atoms with E-state index in [9.17, 15) is 4.79 Å². The van der Waals surface area contributed by atoms with Gasteiger partial charge in [0.25, 0.3) is 5.91 Å². The summed E-state index contributed by atoms with van der Waals surface area (Å²) in [6.45, 7) is 3.81. The fourth-order valence-corrected chi connectivity index (χ4v) is 2.23. The van der Waals surface area contributed by atoms with E-state index in [0.717, 1.165) is 11.1 Å². The molecule has 0 bridgehead atoms. The number of benzene rings is 1. The number of carbonyl (C=O) groups is 1. The fraction of sp³-hybridized carbons (Fsp3) is 0.294. The highest BCUT2D eigenvalue weighted by atomic mass is 16.5. The standard InChI is InChI=1S/C17H20N2O3/c1-11-15(21-3)9-14(10-16(11)22-4)17(20)19-12(2)13-5-7-18-8-6-13/h5-10,12H,1-4H3,(H,19,20). The first-order valence-corrected chi connectivity index (χ1v) is 7.00. The topological polar surface area (TPSA) is 60.5 Å². The number of rotatable bonds is 5. The van der Waals surface area contributed by atoms with Crippen LogP contribution in [-0.4, -0.2) is 25.1 Å². The summed E-state index contributed by atoms with van der Waals surface area (Å²) in [7, 11) is 3.14. The van der Waals surface area contributed by atoms with E-state index >= 15 is 0 Å². The van der Waals surface area contributed by atoms with Crippen LogP contribution < -0.4 is 14.8 Å². The van der Waals surface area contributed by atoms with Crippen molar-refractivity contribution >= 4 is 5.91 Å². The molecule has 2 rings (SSSR count). The zero-order valence-electron chi connectivity index (χ0n) is 13.2. The third-order valence-corrected chi connectivity index (χ3v) is 3.57. The van der Waals surface area contributed by atoms with Gasteiger partial charge in [-0.15, -0.1) is 0 Å². The predicted molar refractivity (Wildman–Crippen MR) is 84.4 cm³/mol. The van der Waals surface area contributed by atoms with Crippen LogP contribution in [0.2, 0.25) is 0 Å². The van der Waals surface area contributed by atoms with Crippen molar-refractivity contribution in [2.75, 3.05) is 14.2 Å². The number of carbonyl (C=O) groups excluding carboxylic acids is 1. The number of aromatic nitrogens is 1. The SMILES string of the molecule is COc1cc(C(=O)NC(C)c2ccncc2)cc(OC)c1C. The van der Waals surface area contributed by atoms with Gasteiger partial charge in [-0.05, 0) is 43.7 Å². The molecular weight excluding hydrogens is 280 g/mol. The van der Waals surface area contributed by atoms with Crippen LogP contribution in [0.25, 0.3) is 0 Å². The van der Waals surface area contributed by atoms with Crippen molar-refractivity contribution in [3.63, 3.8) is 0 Å². The molecule has 1 aromatic heterocycles. The van der Waals surface area contributed by atoms with Gasteiger partial charge in [-0.2, -0.15) is 0 Å². The summed E-state index contributed by atoms with van der Waals surface area (Å²) in [5.41, 5.74) is 2.36. The second kappa shape index (κ2) is 6.93. The maximum absolute atomic E-state index is 12.4. The van der Waals surface area contributed by atoms with Crippen LogP contribution in [0.1, 0.15) is 34.5 Å². The lowest BCUT2D eigenvalue weighted by Crippen LogP contribution is -2.26. The van der Waals surface area contributed by atoms with Crippen molar-refractivity contribution in [1.82, 2.24) is 10.3 Å². The van der Waals surface area contributed by atoms with Crippen molar-refractivity contribution in [2.24, 2.45) is 0 Å². The summed E-state index contributed by atoms with van der Waals surface area (Å²) in [4.78, 5) is 16.4. The van der Waals surface area contributed by atoms with E-state index in [-0.39, 0.29) is 11.9 Å². The minimum Gasteiger partial charge on any atom is -0.496 e. The Kier molecular flexibility index (Phi) is 4.99. The molecule has 1 atom stereocenters. The van der Waals surface area contributed by atoms with Crippen molar-refractivity contribution < 1.29 is 14.3 Å².